The van der Waals surface area contributed by atoms with Crippen molar-refractivity contribution in [3.8, 4) is 5.75 Å². The van der Waals surface area contributed by atoms with Crippen molar-refractivity contribution in [3.63, 3.8) is 0 Å². The minimum Gasteiger partial charge on any atom is -0.495 e. The number of methoxy groups -OCH3 is 1. The second-order valence-corrected chi connectivity index (χ2v) is 7.15. The van der Waals surface area contributed by atoms with Crippen molar-refractivity contribution in [2.24, 2.45) is 0 Å². The number of carbonyl (C=O) groups is 1. The van der Waals surface area contributed by atoms with E-state index in [9.17, 15) is 13.2 Å². The predicted molar refractivity (Wildman–Crippen MR) is 77.1 cm³/mol. The Bertz CT molecular complexity index is 632. The molecule has 1 fully saturated rings. The van der Waals surface area contributed by atoms with Gasteiger partial charge in [0.15, 0.2) is 0 Å². The zero-order chi connectivity index (χ0) is 14.9. The monoisotopic (exact) mass is 362 g/mol. The zero-order valence-electron chi connectivity index (χ0n) is 11.1. The lowest BCUT2D eigenvalue weighted by Crippen LogP contribution is -2.55. The number of benzene rings is 1. The zero-order valence-corrected chi connectivity index (χ0v) is 13.5. The van der Waals surface area contributed by atoms with Gasteiger partial charge in [-0.25, -0.2) is 8.42 Å². The van der Waals surface area contributed by atoms with Crippen LogP contribution in [0.4, 0.5) is 0 Å². The molecule has 20 heavy (non-hydrogen) atoms. The highest BCUT2D eigenvalue weighted by Gasteiger charge is 2.37. The third-order valence-electron chi connectivity index (χ3n) is 3.16. The van der Waals surface area contributed by atoms with Crippen LogP contribution in [0.5, 0.6) is 5.75 Å². The van der Waals surface area contributed by atoms with E-state index in [-0.39, 0.29) is 23.1 Å². The van der Waals surface area contributed by atoms with Crippen molar-refractivity contribution in [1.29, 1.82) is 0 Å². The third kappa shape index (κ3) is 2.68. The largest absolute Gasteiger partial charge is 0.495 e. The van der Waals surface area contributed by atoms with Crippen LogP contribution in [-0.4, -0.2) is 44.9 Å². The van der Waals surface area contributed by atoms with E-state index in [1.165, 1.54) is 17.5 Å². The Morgan fingerprint density at radius 2 is 2.15 bits per heavy atom. The summed E-state index contributed by atoms with van der Waals surface area (Å²) in [4.78, 5) is 11.7. The smallest absolute Gasteiger partial charge is 0.247 e. The Labute approximate surface area is 126 Å². The van der Waals surface area contributed by atoms with E-state index >= 15 is 0 Å². The molecule has 1 N–H and O–H groups in total. The van der Waals surface area contributed by atoms with Gasteiger partial charge in [0.05, 0.1) is 7.11 Å². The van der Waals surface area contributed by atoms with Crippen LogP contribution < -0.4 is 10.1 Å². The van der Waals surface area contributed by atoms with E-state index in [4.69, 9.17) is 4.74 Å². The molecule has 0 spiro atoms. The van der Waals surface area contributed by atoms with Gasteiger partial charge in [-0.1, -0.05) is 15.9 Å². The van der Waals surface area contributed by atoms with Crippen LogP contribution in [0.3, 0.4) is 0 Å². The molecule has 110 valence electrons. The van der Waals surface area contributed by atoms with Crippen LogP contribution in [0.15, 0.2) is 27.6 Å². The van der Waals surface area contributed by atoms with Gasteiger partial charge in [-0.15, -0.1) is 0 Å². The van der Waals surface area contributed by atoms with Gasteiger partial charge in [0, 0.05) is 17.6 Å². The maximum atomic E-state index is 12.7. The first-order valence-corrected chi connectivity index (χ1v) is 8.24. The summed E-state index contributed by atoms with van der Waals surface area (Å²) in [5.41, 5.74) is 0. The van der Waals surface area contributed by atoms with E-state index in [1.807, 2.05) is 0 Å². The maximum absolute atomic E-state index is 12.7. The summed E-state index contributed by atoms with van der Waals surface area (Å²) in [6, 6.07) is 4.01. The predicted octanol–water partition coefficient (Wildman–Crippen LogP) is 0.967. The lowest BCUT2D eigenvalue weighted by atomic mass is 10.2. The molecule has 0 aromatic heterocycles. The Kier molecular flexibility index (Phi) is 4.36. The molecule has 1 heterocycles. The van der Waals surface area contributed by atoms with E-state index < -0.39 is 16.1 Å². The van der Waals surface area contributed by atoms with Crippen molar-refractivity contribution in [2.45, 2.75) is 17.9 Å². The number of halogens is 1. The number of amides is 1. The molecule has 0 bridgehead atoms. The molecule has 1 aromatic rings. The first-order chi connectivity index (χ1) is 9.37. The molecular weight excluding hydrogens is 348 g/mol. The summed E-state index contributed by atoms with van der Waals surface area (Å²) in [6.07, 6.45) is 0. The fraction of sp³-hybridized carbons (Fsp3) is 0.417. The molecule has 1 saturated heterocycles. The van der Waals surface area contributed by atoms with Gasteiger partial charge in [0.1, 0.15) is 16.7 Å². The number of hydrogen-bond donors (Lipinski definition) is 1. The number of piperazine rings is 1. The van der Waals surface area contributed by atoms with Gasteiger partial charge in [0.2, 0.25) is 15.9 Å². The summed E-state index contributed by atoms with van der Waals surface area (Å²) in [6.45, 7) is 2.11. The quantitative estimate of drug-likeness (QED) is 0.868. The Morgan fingerprint density at radius 1 is 1.45 bits per heavy atom. The van der Waals surface area contributed by atoms with Crippen molar-refractivity contribution in [2.75, 3.05) is 20.2 Å². The summed E-state index contributed by atoms with van der Waals surface area (Å²) < 4.78 is 32.4. The van der Waals surface area contributed by atoms with Crippen molar-refractivity contribution in [3.05, 3.63) is 22.7 Å². The number of nitrogens with one attached hydrogen (secondary N) is 1. The topological polar surface area (TPSA) is 75.7 Å². The number of hydrogen-bond acceptors (Lipinski definition) is 4. The molecule has 8 heteroatoms. The van der Waals surface area contributed by atoms with Gasteiger partial charge in [-0.3, -0.25) is 4.79 Å². The molecule has 1 atom stereocenters. The van der Waals surface area contributed by atoms with Crippen LogP contribution >= 0.6 is 15.9 Å². The second kappa shape index (κ2) is 5.71. The average Bonchev–Trinajstić information content (AvgIpc) is 2.41. The molecule has 1 unspecified atom stereocenters. The molecule has 6 nitrogen and oxygen atoms in total. The van der Waals surface area contributed by atoms with Crippen LogP contribution in [0.2, 0.25) is 0 Å². The Hall–Kier alpha value is -1.12. The van der Waals surface area contributed by atoms with E-state index in [1.54, 1.807) is 19.1 Å². The van der Waals surface area contributed by atoms with E-state index in [2.05, 4.69) is 21.2 Å². The molecule has 1 amide bonds. The van der Waals surface area contributed by atoms with E-state index in [0.717, 1.165) is 0 Å². The standard InChI is InChI=1S/C12H15BrN2O4S/c1-8-12(16)14-5-6-15(8)20(17,18)11-7-9(13)3-4-10(11)19-2/h3-4,7-8H,5-6H2,1-2H3,(H,14,16). The van der Waals surface area contributed by atoms with E-state index in [0.29, 0.717) is 11.0 Å². The normalized spacial score (nSPS) is 20.6. The molecule has 1 aromatic carbocycles. The van der Waals surface area contributed by atoms with Gasteiger partial charge in [-0.05, 0) is 25.1 Å². The summed E-state index contributed by atoms with van der Waals surface area (Å²) in [5.74, 6) is -0.0415. The first-order valence-electron chi connectivity index (χ1n) is 6.01. The molecule has 0 aliphatic carbocycles. The number of sulfonamides is 1. The number of ether oxygens (including phenoxy) is 1. The molecule has 1 aliphatic rings. The molecule has 0 saturated carbocycles. The van der Waals surface area contributed by atoms with Crippen LogP contribution in [0.25, 0.3) is 0 Å². The number of rotatable bonds is 3. The van der Waals surface area contributed by atoms with Gasteiger partial charge >= 0.3 is 0 Å². The lowest BCUT2D eigenvalue weighted by Gasteiger charge is -2.32. The SMILES string of the molecule is COc1ccc(Br)cc1S(=O)(=O)N1CCNC(=O)C1C. The number of nitrogens with zero attached hydrogens (tertiary/aromatic N) is 1. The van der Waals surface area contributed by atoms with Gasteiger partial charge in [-0.2, -0.15) is 4.31 Å². The average molecular weight is 363 g/mol. The van der Waals surface area contributed by atoms with Crippen molar-refractivity contribution >= 4 is 31.9 Å². The van der Waals surface area contributed by atoms with Crippen LogP contribution in [-0.2, 0) is 14.8 Å². The number of carbonyl (C=O) groups excluding carboxylic acids is 1. The molecule has 1 aliphatic heterocycles. The molecular formula is C12H15BrN2O4S. The van der Waals surface area contributed by atoms with Crippen LogP contribution in [0.1, 0.15) is 6.92 Å². The maximum Gasteiger partial charge on any atom is 0.247 e. The Morgan fingerprint density at radius 3 is 2.80 bits per heavy atom. The summed E-state index contributed by atoms with van der Waals surface area (Å²) in [5, 5.41) is 2.64. The minimum atomic E-state index is -3.79. The molecule has 0 radical (unpaired) electrons. The third-order valence-corrected chi connectivity index (χ3v) is 5.64. The fourth-order valence-corrected chi connectivity index (χ4v) is 4.36. The second-order valence-electron chi connectivity index (χ2n) is 4.38. The van der Waals surface area contributed by atoms with Crippen molar-refractivity contribution < 1.29 is 17.9 Å². The Balaban J connectivity index is 2.49. The minimum absolute atomic E-state index is 0.0518. The van der Waals surface area contributed by atoms with Gasteiger partial charge < -0.3 is 10.1 Å². The fourth-order valence-electron chi connectivity index (χ4n) is 2.07. The van der Waals surface area contributed by atoms with Gasteiger partial charge in [0.25, 0.3) is 0 Å². The van der Waals surface area contributed by atoms with Crippen molar-refractivity contribution in [1.82, 2.24) is 9.62 Å². The van der Waals surface area contributed by atoms with Crippen LogP contribution in [0, 0.1) is 0 Å². The lowest BCUT2D eigenvalue weighted by molar-refractivity contribution is -0.126. The first kappa shape index (κ1) is 15.3. The summed E-state index contributed by atoms with van der Waals surface area (Å²) >= 11 is 3.25. The highest BCUT2D eigenvalue weighted by atomic mass is 79.9. The highest BCUT2D eigenvalue weighted by Crippen LogP contribution is 2.30. The summed E-state index contributed by atoms with van der Waals surface area (Å²) in [7, 11) is -2.38. The molecule has 2 rings (SSSR count). The highest BCUT2D eigenvalue weighted by molar-refractivity contribution is 9.10.